The fraction of sp³-hybridized carbons (Fsp3) is 1.00. The summed E-state index contributed by atoms with van der Waals surface area (Å²) in [4.78, 5) is 0. The number of hydrogen-bond donors (Lipinski definition) is 0. The monoisotopic (exact) mass is 200 g/mol. The van der Waals surface area contributed by atoms with Gasteiger partial charge in [-0.1, -0.05) is 80.1 Å². The van der Waals surface area contributed by atoms with E-state index in [0.29, 0.717) is 0 Å². The summed E-state index contributed by atoms with van der Waals surface area (Å²) in [6.07, 6.45) is 8.86. The zero-order chi connectivity index (χ0) is 11.4. The molecule has 0 bridgehead atoms. The molecule has 0 spiro atoms. The fourth-order valence-electron chi connectivity index (χ4n) is 2.05. The third-order valence-corrected chi connectivity index (χ3v) is 3.12. The average Bonchev–Trinajstić information content (AvgIpc) is 2.34. The largest absolute Gasteiger partial charge is 0.0683 e. The van der Waals surface area contributed by atoms with Gasteiger partial charge >= 0.3 is 0 Å². The molecule has 0 heterocycles. The lowest BCUT2D eigenvalue weighted by Crippen LogP contribution is -2.12. The zero-order valence-electron chi connectivity index (χ0n) is 11.4. The van der Waals surface area contributed by atoms with Gasteiger partial charge in [-0.05, 0) is 11.8 Å². The summed E-state index contributed by atoms with van der Waals surface area (Å²) < 4.78 is 0. The minimum atomic E-state index is 1.07. The van der Waals surface area contributed by atoms with Crippen LogP contribution in [0.5, 0.6) is 0 Å². The Morgan fingerprint density at radius 3 is 1.00 bits per heavy atom. The van der Waals surface area contributed by atoms with Crippen LogP contribution in [-0.2, 0) is 0 Å². The standard InChI is InChI=1S/C10H20.2C2H6/c1-3-9-5-7-10(4-2)8-6-9;2*1-2/h9-10H,3-8H2,1-2H3;2*1-2H3. The molecule has 1 fully saturated rings. The topological polar surface area (TPSA) is 0 Å². The first-order valence-electron chi connectivity index (χ1n) is 6.86. The van der Waals surface area contributed by atoms with Crippen molar-refractivity contribution in [2.24, 2.45) is 11.8 Å². The molecule has 0 radical (unpaired) electrons. The van der Waals surface area contributed by atoms with Crippen LogP contribution in [0, 0.1) is 11.8 Å². The highest BCUT2D eigenvalue weighted by atomic mass is 14.2. The number of rotatable bonds is 2. The van der Waals surface area contributed by atoms with Crippen molar-refractivity contribution in [3.05, 3.63) is 0 Å². The average molecular weight is 200 g/mol. The van der Waals surface area contributed by atoms with Crippen LogP contribution >= 0.6 is 0 Å². The van der Waals surface area contributed by atoms with Crippen LogP contribution in [-0.4, -0.2) is 0 Å². The van der Waals surface area contributed by atoms with Gasteiger partial charge in [0.15, 0.2) is 0 Å². The second kappa shape index (κ2) is 13.0. The SMILES string of the molecule is CC.CC.CCC1CCC(CC)CC1. The molecule has 0 aliphatic heterocycles. The van der Waals surface area contributed by atoms with Gasteiger partial charge < -0.3 is 0 Å². The van der Waals surface area contributed by atoms with Gasteiger partial charge in [0.1, 0.15) is 0 Å². The molecule has 1 aliphatic rings. The van der Waals surface area contributed by atoms with E-state index in [-0.39, 0.29) is 0 Å². The van der Waals surface area contributed by atoms with Gasteiger partial charge in [-0.25, -0.2) is 0 Å². The molecule has 14 heavy (non-hydrogen) atoms. The molecule has 0 aromatic heterocycles. The van der Waals surface area contributed by atoms with Crippen molar-refractivity contribution in [1.29, 1.82) is 0 Å². The van der Waals surface area contributed by atoms with E-state index < -0.39 is 0 Å². The van der Waals surface area contributed by atoms with E-state index in [4.69, 9.17) is 0 Å². The molecule has 1 rings (SSSR count). The zero-order valence-corrected chi connectivity index (χ0v) is 11.4. The van der Waals surface area contributed by atoms with Gasteiger partial charge in [-0.3, -0.25) is 0 Å². The summed E-state index contributed by atoms with van der Waals surface area (Å²) >= 11 is 0. The molecular formula is C14H32. The van der Waals surface area contributed by atoms with Crippen molar-refractivity contribution >= 4 is 0 Å². The highest BCUT2D eigenvalue weighted by Crippen LogP contribution is 2.31. The first-order valence-corrected chi connectivity index (χ1v) is 6.86. The Bertz CT molecular complexity index is 66.0. The van der Waals surface area contributed by atoms with E-state index in [2.05, 4.69) is 13.8 Å². The first-order chi connectivity index (χ1) is 6.86. The molecule has 1 saturated carbocycles. The molecule has 0 atom stereocenters. The summed E-state index contributed by atoms with van der Waals surface area (Å²) in [6.45, 7) is 12.7. The van der Waals surface area contributed by atoms with Crippen LogP contribution in [0.3, 0.4) is 0 Å². The molecule has 0 heteroatoms. The summed E-state index contributed by atoms with van der Waals surface area (Å²) in [5.41, 5.74) is 0. The van der Waals surface area contributed by atoms with Crippen LogP contribution in [0.4, 0.5) is 0 Å². The maximum Gasteiger partial charge on any atom is -0.0417 e. The molecule has 0 saturated heterocycles. The summed E-state index contributed by atoms with van der Waals surface area (Å²) in [5, 5.41) is 0. The van der Waals surface area contributed by atoms with Gasteiger partial charge in [0, 0.05) is 0 Å². The Kier molecular flexibility index (Phi) is 15.3. The summed E-state index contributed by atoms with van der Waals surface area (Å²) in [6, 6.07) is 0. The van der Waals surface area contributed by atoms with E-state index in [0.717, 1.165) is 11.8 Å². The maximum absolute atomic E-state index is 2.33. The molecule has 88 valence electrons. The molecule has 0 aromatic rings. The highest BCUT2D eigenvalue weighted by Gasteiger charge is 2.17. The van der Waals surface area contributed by atoms with Crippen LogP contribution in [0.2, 0.25) is 0 Å². The van der Waals surface area contributed by atoms with E-state index in [1.807, 2.05) is 27.7 Å². The molecule has 0 nitrogen and oxygen atoms in total. The highest BCUT2D eigenvalue weighted by molar-refractivity contribution is 4.70. The van der Waals surface area contributed by atoms with E-state index >= 15 is 0 Å². The van der Waals surface area contributed by atoms with Crippen molar-refractivity contribution in [2.75, 3.05) is 0 Å². The fourth-order valence-corrected chi connectivity index (χ4v) is 2.05. The van der Waals surface area contributed by atoms with Crippen molar-refractivity contribution < 1.29 is 0 Å². The lowest BCUT2D eigenvalue weighted by molar-refractivity contribution is 0.264. The van der Waals surface area contributed by atoms with Gasteiger partial charge in [-0.15, -0.1) is 0 Å². The Morgan fingerprint density at radius 1 is 0.643 bits per heavy atom. The van der Waals surface area contributed by atoms with Crippen LogP contribution in [0.25, 0.3) is 0 Å². The second-order valence-corrected chi connectivity index (χ2v) is 3.70. The van der Waals surface area contributed by atoms with Crippen LogP contribution in [0.1, 0.15) is 80.1 Å². The molecule has 0 aromatic carbocycles. The van der Waals surface area contributed by atoms with Crippen LogP contribution in [0.15, 0.2) is 0 Å². The second-order valence-electron chi connectivity index (χ2n) is 3.70. The molecule has 1 aliphatic carbocycles. The minimum Gasteiger partial charge on any atom is -0.0683 e. The summed E-state index contributed by atoms with van der Waals surface area (Å²) in [7, 11) is 0. The Hall–Kier alpha value is 0. The molecular weight excluding hydrogens is 168 g/mol. The Balaban J connectivity index is 0. The minimum absolute atomic E-state index is 1.07. The Labute approximate surface area is 92.5 Å². The van der Waals surface area contributed by atoms with Gasteiger partial charge in [0.05, 0.1) is 0 Å². The van der Waals surface area contributed by atoms with Crippen molar-refractivity contribution in [3.8, 4) is 0 Å². The van der Waals surface area contributed by atoms with Crippen molar-refractivity contribution in [1.82, 2.24) is 0 Å². The Morgan fingerprint density at radius 2 is 0.857 bits per heavy atom. The number of hydrogen-bond acceptors (Lipinski definition) is 0. The quantitative estimate of drug-likeness (QED) is 0.539. The van der Waals surface area contributed by atoms with Gasteiger partial charge in [0.25, 0.3) is 0 Å². The summed E-state index contributed by atoms with van der Waals surface area (Å²) in [5.74, 6) is 2.14. The van der Waals surface area contributed by atoms with Crippen molar-refractivity contribution in [3.63, 3.8) is 0 Å². The predicted octanol–water partition coefficient (Wildman–Crippen LogP) is 5.67. The van der Waals surface area contributed by atoms with E-state index in [1.54, 1.807) is 0 Å². The van der Waals surface area contributed by atoms with Gasteiger partial charge in [0.2, 0.25) is 0 Å². The van der Waals surface area contributed by atoms with E-state index in [1.165, 1.54) is 38.5 Å². The first kappa shape index (κ1) is 16.4. The predicted molar refractivity (Wildman–Crippen MR) is 68.7 cm³/mol. The smallest absolute Gasteiger partial charge is 0.0417 e. The lowest BCUT2D eigenvalue weighted by atomic mass is 9.80. The van der Waals surface area contributed by atoms with Crippen LogP contribution < -0.4 is 0 Å². The third kappa shape index (κ3) is 7.41. The normalized spacial score (nSPS) is 25.3. The van der Waals surface area contributed by atoms with E-state index in [9.17, 15) is 0 Å². The van der Waals surface area contributed by atoms with Gasteiger partial charge in [-0.2, -0.15) is 0 Å². The maximum atomic E-state index is 2.33. The van der Waals surface area contributed by atoms with Crippen molar-refractivity contribution in [2.45, 2.75) is 80.1 Å². The third-order valence-electron chi connectivity index (χ3n) is 3.12. The lowest BCUT2D eigenvalue weighted by Gasteiger charge is -2.26. The molecule has 0 amide bonds. The molecule has 0 unspecified atom stereocenters. The molecule has 0 N–H and O–H groups in total.